The van der Waals surface area contributed by atoms with Crippen LogP contribution in [-0.4, -0.2) is 50.2 Å². The number of ether oxygens (including phenoxy) is 1. The second-order valence-electron chi connectivity index (χ2n) is 7.90. The molecule has 1 aromatic heterocycles. The molecule has 4 N–H and O–H groups in total. The summed E-state index contributed by atoms with van der Waals surface area (Å²) >= 11 is 1.65. The number of nitrogens with one attached hydrogen (secondary N) is 2. The summed E-state index contributed by atoms with van der Waals surface area (Å²) in [5.74, 6) is -0.102. The van der Waals surface area contributed by atoms with Gasteiger partial charge in [0.15, 0.2) is 0 Å². The molecule has 162 valence electrons. The number of nitrogens with two attached hydrogens (primary N) is 1. The SMILES string of the molecule is CN(C)CCOC(=O)N[C@H]1CC[C@H](C(=O)Nc2cc(-c3cccs3)ccc2N)CC1. The van der Waals surface area contributed by atoms with E-state index in [0.717, 1.165) is 36.1 Å². The summed E-state index contributed by atoms with van der Waals surface area (Å²) in [5, 5.41) is 7.93. The van der Waals surface area contributed by atoms with Crippen molar-refractivity contribution in [2.45, 2.75) is 31.7 Å². The van der Waals surface area contributed by atoms with Gasteiger partial charge in [-0.05, 0) is 68.9 Å². The van der Waals surface area contributed by atoms with E-state index in [-0.39, 0.29) is 24.0 Å². The van der Waals surface area contributed by atoms with Crippen LogP contribution in [0.1, 0.15) is 25.7 Å². The molecule has 1 aromatic carbocycles. The van der Waals surface area contributed by atoms with Crippen LogP contribution in [0.5, 0.6) is 0 Å². The first-order chi connectivity index (χ1) is 14.4. The predicted octanol–water partition coefficient (Wildman–Crippen LogP) is 3.78. The molecule has 0 aliphatic heterocycles. The Morgan fingerprint density at radius 2 is 1.97 bits per heavy atom. The number of nitrogens with zero attached hydrogens (tertiary/aromatic N) is 1. The number of alkyl carbamates (subject to hydrolysis) is 1. The van der Waals surface area contributed by atoms with Crippen molar-refractivity contribution >= 4 is 34.7 Å². The molecule has 2 amide bonds. The van der Waals surface area contributed by atoms with Crippen molar-refractivity contribution < 1.29 is 14.3 Å². The fourth-order valence-electron chi connectivity index (χ4n) is 3.52. The maximum Gasteiger partial charge on any atom is 0.407 e. The highest BCUT2D eigenvalue weighted by Gasteiger charge is 2.27. The molecular weight excluding hydrogens is 400 g/mol. The van der Waals surface area contributed by atoms with Crippen LogP contribution in [0.15, 0.2) is 35.7 Å². The van der Waals surface area contributed by atoms with E-state index in [1.54, 1.807) is 11.3 Å². The number of nitrogen functional groups attached to an aromatic ring is 1. The fourth-order valence-corrected chi connectivity index (χ4v) is 4.25. The Bertz CT molecular complexity index is 846. The molecular formula is C22H30N4O3S. The highest BCUT2D eigenvalue weighted by molar-refractivity contribution is 7.13. The number of likely N-dealkylation sites (N-methyl/N-ethyl adjacent to an activating group) is 1. The molecule has 2 aromatic rings. The molecule has 0 spiro atoms. The molecule has 0 atom stereocenters. The van der Waals surface area contributed by atoms with Gasteiger partial charge in [-0.2, -0.15) is 0 Å². The average molecular weight is 431 g/mol. The molecule has 1 aliphatic rings. The lowest BCUT2D eigenvalue weighted by atomic mass is 9.85. The minimum atomic E-state index is -0.386. The summed E-state index contributed by atoms with van der Waals surface area (Å²) in [6.45, 7) is 1.06. The van der Waals surface area contributed by atoms with Gasteiger partial charge in [0.2, 0.25) is 5.91 Å². The van der Waals surface area contributed by atoms with E-state index in [1.165, 1.54) is 0 Å². The Morgan fingerprint density at radius 3 is 2.63 bits per heavy atom. The molecule has 30 heavy (non-hydrogen) atoms. The van der Waals surface area contributed by atoms with Crippen molar-refractivity contribution in [3.8, 4) is 10.4 Å². The summed E-state index contributed by atoms with van der Waals surface area (Å²) < 4.78 is 5.18. The molecule has 0 radical (unpaired) electrons. The van der Waals surface area contributed by atoms with E-state index in [4.69, 9.17) is 10.5 Å². The first kappa shape index (κ1) is 22.1. The molecule has 8 heteroatoms. The van der Waals surface area contributed by atoms with E-state index in [1.807, 2.05) is 54.7 Å². The first-order valence-corrected chi connectivity index (χ1v) is 11.1. The van der Waals surface area contributed by atoms with Gasteiger partial charge >= 0.3 is 6.09 Å². The van der Waals surface area contributed by atoms with Crippen LogP contribution in [0.3, 0.4) is 0 Å². The van der Waals surface area contributed by atoms with E-state index in [9.17, 15) is 9.59 Å². The van der Waals surface area contributed by atoms with E-state index in [2.05, 4.69) is 10.6 Å². The van der Waals surface area contributed by atoms with Gasteiger partial charge in [0.25, 0.3) is 0 Å². The third kappa shape index (κ3) is 6.21. The lowest BCUT2D eigenvalue weighted by Crippen LogP contribution is -2.40. The number of amides is 2. The minimum absolute atomic E-state index is 0.0166. The number of rotatable bonds is 7. The average Bonchev–Trinajstić information content (AvgIpc) is 3.24. The van der Waals surface area contributed by atoms with Crippen molar-refractivity contribution in [2.75, 3.05) is 38.3 Å². The van der Waals surface area contributed by atoms with Crippen molar-refractivity contribution in [3.05, 3.63) is 35.7 Å². The number of anilines is 2. The molecule has 1 saturated carbocycles. The quantitative estimate of drug-likeness (QED) is 0.581. The highest BCUT2D eigenvalue weighted by Crippen LogP contribution is 2.31. The van der Waals surface area contributed by atoms with Crippen molar-refractivity contribution in [1.29, 1.82) is 0 Å². The smallest absolute Gasteiger partial charge is 0.407 e. The van der Waals surface area contributed by atoms with Crippen LogP contribution < -0.4 is 16.4 Å². The van der Waals surface area contributed by atoms with Crippen LogP contribution in [-0.2, 0) is 9.53 Å². The fraction of sp³-hybridized carbons (Fsp3) is 0.455. The van der Waals surface area contributed by atoms with E-state index >= 15 is 0 Å². The van der Waals surface area contributed by atoms with Gasteiger partial charge in [-0.25, -0.2) is 4.79 Å². The largest absolute Gasteiger partial charge is 0.448 e. The maximum atomic E-state index is 12.8. The number of thiophene rings is 1. The number of carbonyl (C=O) groups is 2. The number of benzene rings is 1. The van der Waals surface area contributed by atoms with Gasteiger partial charge in [0.05, 0.1) is 11.4 Å². The van der Waals surface area contributed by atoms with Gasteiger partial charge in [0, 0.05) is 23.4 Å². The molecule has 3 rings (SSSR count). The number of hydrogen-bond acceptors (Lipinski definition) is 6. The maximum absolute atomic E-state index is 12.8. The monoisotopic (exact) mass is 430 g/mol. The van der Waals surface area contributed by atoms with E-state index < -0.39 is 0 Å². The second kappa shape index (κ2) is 10.4. The Hall–Kier alpha value is -2.58. The summed E-state index contributed by atoms with van der Waals surface area (Å²) in [5.41, 5.74) is 8.32. The molecule has 7 nitrogen and oxygen atoms in total. The van der Waals surface area contributed by atoms with Gasteiger partial charge in [-0.15, -0.1) is 11.3 Å². The molecule has 0 saturated heterocycles. The molecule has 1 heterocycles. The van der Waals surface area contributed by atoms with Crippen LogP contribution in [0.25, 0.3) is 10.4 Å². The van der Waals surface area contributed by atoms with Crippen molar-refractivity contribution in [3.63, 3.8) is 0 Å². The standard InChI is InChI=1S/C22H30N4O3S/c1-26(2)11-12-29-22(28)24-17-8-5-15(6-9-17)21(27)25-19-14-16(7-10-18(19)23)20-4-3-13-30-20/h3-4,7,10,13-15,17H,5-6,8-9,11-12,23H2,1-2H3,(H,24,28)(H,25,27)/t15-,17-. The zero-order valence-electron chi connectivity index (χ0n) is 17.5. The normalized spacial score (nSPS) is 18.8. The summed E-state index contributed by atoms with van der Waals surface area (Å²) in [6.07, 6.45) is 2.57. The van der Waals surface area contributed by atoms with Gasteiger partial charge < -0.3 is 26.0 Å². The topological polar surface area (TPSA) is 96.7 Å². The Labute approximate surface area is 181 Å². The van der Waals surface area contributed by atoms with Crippen molar-refractivity contribution in [1.82, 2.24) is 10.2 Å². The predicted molar refractivity (Wildman–Crippen MR) is 122 cm³/mol. The third-order valence-electron chi connectivity index (χ3n) is 5.31. The lowest BCUT2D eigenvalue weighted by Gasteiger charge is -2.28. The Kier molecular flexibility index (Phi) is 7.70. The summed E-state index contributed by atoms with van der Waals surface area (Å²) in [7, 11) is 3.86. The van der Waals surface area contributed by atoms with Gasteiger partial charge in [-0.3, -0.25) is 4.79 Å². The number of carbonyl (C=O) groups excluding carboxylic acids is 2. The Morgan fingerprint density at radius 1 is 1.20 bits per heavy atom. The summed E-state index contributed by atoms with van der Waals surface area (Å²) in [4.78, 5) is 27.7. The molecule has 1 aliphatic carbocycles. The zero-order chi connectivity index (χ0) is 21.5. The van der Waals surface area contributed by atoms with Crippen molar-refractivity contribution in [2.24, 2.45) is 5.92 Å². The Balaban J connectivity index is 1.48. The van der Waals surface area contributed by atoms with Crippen LogP contribution in [0, 0.1) is 5.92 Å². The van der Waals surface area contributed by atoms with Gasteiger partial charge in [-0.1, -0.05) is 12.1 Å². The highest BCUT2D eigenvalue weighted by atomic mass is 32.1. The first-order valence-electron chi connectivity index (χ1n) is 10.2. The second-order valence-corrected chi connectivity index (χ2v) is 8.85. The lowest BCUT2D eigenvalue weighted by molar-refractivity contribution is -0.120. The number of hydrogen-bond donors (Lipinski definition) is 3. The van der Waals surface area contributed by atoms with E-state index in [0.29, 0.717) is 24.5 Å². The summed E-state index contributed by atoms with van der Waals surface area (Å²) in [6, 6.07) is 9.81. The minimum Gasteiger partial charge on any atom is -0.448 e. The van der Waals surface area contributed by atoms with Crippen LogP contribution in [0.2, 0.25) is 0 Å². The molecule has 1 fully saturated rings. The molecule has 0 unspecified atom stereocenters. The van der Waals surface area contributed by atoms with Gasteiger partial charge in [0.1, 0.15) is 6.61 Å². The molecule has 0 bridgehead atoms. The van der Waals surface area contributed by atoms with Crippen LogP contribution in [0.4, 0.5) is 16.2 Å². The zero-order valence-corrected chi connectivity index (χ0v) is 18.3. The third-order valence-corrected chi connectivity index (χ3v) is 6.23. The van der Waals surface area contributed by atoms with Crippen LogP contribution >= 0.6 is 11.3 Å².